The Morgan fingerprint density at radius 1 is 1.16 bits per heavy atom. The van der Waals surface area contributed by atoms with Gasteiger partial charge in [0.05, 0.1) is 0 Å². The van der Waals surface area contributed by atoms with E-state index < -0.39 is 0 Å². The number of carbonyl (C=O) groups is 2. The van der Waals surface area contributed by atoms with E-state index in [1.54, 1.807) is 29.4 Å². The Morgan fingerprint density at radius 3 is 2.34 bits per heavy atom. The van der Waals surface area contributed by atoms with E-state index in [0.29, 0.717) is 30.5 Å². The maximum absolute atomic E-state index is 13.5. The van der Waals surface area contributed by atoms with Crippen LogP contribution in [0, 0.1) is 17.2 Å². The number of hydrogen-bond acceptors (Lipinski definition) is 5. The highest BCUT2D eigenvalue weighted by atomic mass is 19.1. The van der Waals surface area contributed by atoms with Crippen LogP contribution in [0.4, 0.5) is 4.39 Å². The van der Waals surface area contributed by atoms with Gasteiger partial charge in [-0.2, -0.15) is 0 Å². The molecular weight excluding hydrogens is 481 g/mol. The number of amides is 2. The summed E-state index contributed by atoms with van der Waals surface area (Å²) in [5, 5.41) is 4.12. The number of likely N-dealkylation sites (tertiary alicyclic amines) is 1. The molecule has 0 bridgehead atoms. The number of allylic oxidation sites excluding steroid dienone is 1. The lowest BCUT2D eigenvalue weighted by molar-refractivity contribution is -0.140. The molecule has 2 fully saturated rings. The molecule has 1 saturated heterocycles. The van der Waals surface area contributed by atoms with Crippen molar-refractivity contribution in [2.45, 2.75) is 72.0 Å². The van der Waals surface area contributed by atoms with Crippen molar-refractivity contribution in [2.75, 3.05) is 6.54 Å². The Hall–Kier alpha value is -3.39. The van der Waals surface area contributed by atoms with Gasteiger partial charge in [-0.3, -0.25) is 9.59 Å². The molecule has 1 aliphatic carbocycles. The second-order valence-electron chi connectivity index (χ2n) is 11.3. The Bertz CT molecular complexity index is 1110. The van der Waals surface area contributed by atoms with Gasteiger partial charge in [0.15, 0.2) is 0 Å². The quantitative estimate of drug-likeness (QED) is 0.268. The monoisotopic (exact) mass is 523 g/mol. The molecule has 1 saturated carbocycles. The van der Waals surface area contributed by atoms with Crippen LogP contribution in [0.2, 0.25) is 0 Å². The Balaban J connectivity index is 0.000000215. The van der Waals surface area contributed by atoms with Crippen LogP contribution < -0.4 is 16.9 Å². The Morgan fingerprint density at radius 2 is 1.82 bits per heavy atom. The molecule has 206 valence electrons. The van der Waals surface area contributed by atoms with E-state index in [4.69, 9.17) is 11.6 Å². The van der Waals surface area contributed by atoms with E-state index in [1.807, 2.05) is 29.2 Å². The minimum Gasteiger partial charge on any atom is -0.401 e. The summed E-state index contributed by atoms with van der Waals surface area (Å²) < 4.78 is 13.5. The van der Waals surface area contributed by atoms with Gasteiger partial charge in [0, 0.05) is 42.5 Å². The van der Waals surface area contributed by atoms with Gasteiger partial charge in [0.25, 0.3) is 0 Å². The van der Waals surface area contributed by atoms with Gasteiger partial charge in [0.1, 0.15) is 11.9 Å². The van der Waals surface area contributed by atoms with Crippen molar-refractivity contribution >= 4 is 12.3 Å². The van der Waals surface area contributed by atoms with E-state index in [-0.39, 0.29) is 23.2 Å². The minimum absolute atomic E-state index is 0.120. The first-order valence-electron chi connectivity index (χ1n) is 13.3. The van der Waals surface area contributed by atoms with Gasteiger partial charge in [-0.15, -0.1) is 0 Å². The zero-order chi connectivity index (χ0) is 27.9. The van der Waals surface area contributed by atoms with Crippen LogP contribution in [0.25, 0.3) is 11.1 Å². The summed E-state index contributed by atoms with van der Waals surface area (Å²) in [6, 6.07) is 14.0. The van der Waals surface area contributed by atoms with Gasteiger partial charge in [-0.05, 0) is 55.2 Å². The fourth-order valence-corrected chi connectivity index (χ4v) is 4.79. The molecule has 2 aliphatic rings. The third kappa shape index (κ3) is 7.81. The molecular formula is C30H42FN5O2. The largest absolute Gasteiger partial charge is 0.401 e. The van der Waals surface area contributed by atoms with Gasteiger partial charge in [-0.25, -0.2) is 10.2 Å². The SMILES string of the molecule is CC1CCCN1C(=O)C(N(N)/C=C(\N)C1CC1)C(C)(C)C.O=CNCc1ccc(-c2ccccc2F)cc1. The van der Waals surface area contributed by atoms with Crippen LogP contribution in [0.5, 0.6) is 0 Å². The van der Waals surface area contributed by atoms with Gasteiger partial charge in [-0.1, -0.05) is 63.2 Å². The molecule has 7 nitrogen and oxygen atoms in total. The highest BCUT2D eigenvalue weighted by molar-refractivity contribution is 5.83. The fourth-order valence-electron chi connectivity index (χ4n) is 4.79. The number of carbonyl (C=O) groups excluding carboxylic acids is 2. The lowest BCUT2D eigenvalue weighted by Crippen LogP contribution is -2.56. The normalized spacial score (nSPS) is 18.3. The first-order chi connectivity index (χ1) is 18.0. The molecule has 2 unspecified atom stereocenters. The van der Waals surface area contributed by atoms with E-state index in [9.17, 15) is 14.0 Å². The van der Waals surface area contributed by atoms with Crippen LogP contribution in [-0.2, 0) is 16.1 Å². The standard InChI is InChI=1S/C16H30N4O.C14H12FNO/c1-11-6-5-9-19(11)15(21)14(16(2,3)4)20(18)10-13(17)12-7-8-12;15-14-4-2-1-3-13(14)12-7-5-11(6-8-12)9-16-10-17/h10-12,14H,5-9,17-18H2,1-4H3;1-8,10H,9H2,(H,16,17)/b13-10-;. The zero-order valence-electron chi connectivity index (χ0n) is 23.0. The number of nitrogens with two attached hydrogens (primary N) is 2. The summed E-state index contributed by atoms with van der Waals surface area (Å²) in [6.07, 6.45) is 6.85. The number of rotatable bonds is 8. The van der Waals surface area contributed by atoms with Crippen LogP contribution in [0.1, 0.15) is 58.9 Å². The first kappa shape index (κ1) is 29.2. The molecule has 0 aromatic heterocycles. The summed E-state index contributed by atoms with van der Waals surface area (Å²) in [5.74, 6) is 6.56. The number of benzene rings is 2. The van der Waals surface area contributed by atoms with Gasteiger partial charge in [0.2, 0.25) is 12.3 Å². The number of hydrogen-bond donors (Lipinski definition) is 3. The molecule has 5 N–H and O–H groups in total. The Kier molecular flexibility index (Phi) is 9.91. The molecule has 1 heterocycles. The summed E-state index contributed by atoms with van der Waals surface area (Å²) in [5.41, 5.74) is 9.02. The van der Waals surface area contributed by atoms with Crippen LogP contribution in [0.3, 0.4) is 0 Å². The lowest BCUT2D eigenvalue weighted by atomic mass is 9.85. The summed E-state index contributed by atoms with van der Waals surface area (Å²) in [7, 11) is 0. The van der Waals surface area contributed by atoms with Crippen LogP contribution >= 0.6 is 0 Å². The van der Waals surface area contributed by atoms with Crippen molar-refractivity contribution in [3.63, 3.8) is 0 Å². The highest BCUT2D eigenvalue weighted by Crippen LogP contribution is 2.35. The highest BCUT2D eigenvalue weighted by Gasteiger charge is 2.40. The molecule has 2 amide bonds. The minimum atomic E-state index is -0.379. The topological polar surface area (TPSA) is 105 Å². The molecule has 38 heavy (non-hydrogen) atoms. The van der Waals surface area contributed by atoms with E-state index in [0.717, 1.165) is 49.1 Å². The second-order valence-corrected chi connectivity index (χ2v) is 11.3. The lowest BCUT2D eigenvalue weighted by Gasteiger charge is -2.39. The van der Waals surface area contributed by atoms with Crippen molar-refractivity contribution < 1.29 is 14.0 Å². The van der Waals surface area contributed by atoms with Crippen LogP contribution in [-0.4, -0.2) is 40.9 Å². The van der Waals surface area contributed by atoms with E-state index in [1.165, 1.54) is 6.07 Å². The van der Waals surface area contributed by atoms with Crippen molar-refractivity contribution in [1.82, 2.24) is 15.2 Å². The van der Waals surface area contributed by atoms with Crippen molar-refractivity contribution in [1.29, 1.82) is 0 Å². The van der Waals surface area contributed by atoms with Crippen LogP contribution in [0.15, 0.2) is 60.4 Å². The molecule has 4 rings (SSSR count). The van der Waals surface area contributed by atoms with Gasteiger partial charge < -0.3 is 21.0 Å². The average Bonchev–Trinajstić information content (AvgIpc) is 3.63. The molecule has 2 aromatic carbocycles. The predicted molar refractivity (Wildman–Crippen MR) is 149 cm³/mol. The Labute approximate surface area is 226 Å². The second kappa shape index (κ2) is 12.9. The van der Waals surface area contributed by atoms with Crippen molar-refractivity contribution in [3.8, 4) is 11.1 Å². The summed E-state index contributed by atoms with van der Waals surface area (Å²) >= 11 is 0. The van der Waals surface area contributed by atoms with Crippen molar-refractivity contribution in [2.24, 2.45) is 22.9 Å². The third-order valence-electron chi connectivity index (χ3n) is 7.06. The molecule has 0 radical (unpaired) electrons. The maximum atomic E-state index is 13.5. The van der Waals surface area contributed by atoms with Gasteiger partial charge >= 0.3 is 0 Å². The van der Waals surface area contributed by atoms with Crippen molar-refractivity contribution in [3.05, 3.63) is 71.8 Å². The maximum Gasteiger partial charge on any atom is 0.247 e. The van der Waals surface area contributed by atoms with E-state index >= 15 is 0 Å². The predicted octanol–water partition coefficient (Wildman–Crippen LogP) is 4.54. The molecule has 2 aromatic rings. The first-order valence-corrected chi connectivity index (χ1v) is 13.3. The fraction of sp³-hybridized carbons (Fsp3) is 0.467. The smallest absolute Gasteiger partial charge is 0.247 e. The molecule has 2 atom stereocenters. The molecule has 8 heteroatoms. The molecule has 1 aliphatic heterocycles. The average molecular weight is 524 g/mol. The molecule has 0 spiro atoms. The van der Waals surface area contributed by atoms with E-state index in [2.05, 4.69) is 33.0 Å². The number of halogens is 1. The third-order valence-corrected chi connectivity index (χ3v) is 7.06. The number of nitrogens with one attached hydrogen (secondary N) is 1. The summed E-state index contributed by atoms with van der Waals surface area (Å²) in [6.45, 7) is 9.59. The number of nitrogens with zero attached hydrogens (tertiary/aromatic N) is 2. The zero-order valence-corrected chi connectivity index (χ0v) is 23.0. The number of hydrazine groups is 1. The summed E-state index contributed by atoms with van der Waals surface area (Å²) in [4.78, 5) is 25.1.